The number of amides is 4. The number of anilines is 4. The van der Waals surface area contributed by atoms with Gasteiger partial charge >= 0.3 is 0 Å². The highest BCUT2D eigenvalue weighted by atomic mass is 16.2. The van der Waals surface area contributed by atoms with E-state index >= 15 is 0 Å². The molecule has 4 aromatic rings. The van der Waals surface area contributed by atoms with E-state index in [0.717, 1.165) is 60.3 Å². The molecule has 5 heterocycles. The summed E-state index contributed by atoms with van der Waals surface area (Å²) < 4.78 is 2.05. The van der Waals surface area contributed by atoms with Crippen molar-refractivity contribution < 1.29 is 19.2 Å². The van der Waals surface area contributed by atoms with Gasteiger partial charge in [-0.25, -0.2) is 4.98 Å². The molecule has 15 nitrogen and oxygen atoms in total. The number of nitrogens with zero attached hydrogens (tertiary/aromatic N) is 8. The van der Waals surface area contributed by atoms with Gasteiger partial charge in [0.05, 0.1) is 41.0 Å². The molecule has 3 N–H and O–H groups in total. The average molecular weight is 718 g/mol. The molecular formula is C38H43N11O4. The van der Waals surface area contributed by atoms with Crippen molar-refractivity contribution in [1.29, 1.82) is 0 Å². The third-order valence-corrected chi connectivity index (χ3v) is 10.6. The molecule has 53 heavy (non-hydrogen) atoms. The fourth-order valence-electron chi connectivity index (χ4n) is 7.12. The van der Waals surface area contributed by atoms with E-state index in [9.17, 15) is 19.2 Å². The number of fused-ring (bicyclic) bond motifs is 3. The minimum Gasteiger partial charge on any atom is -0.364 e. The van der Waals surface area contributed by atoms with Crippen LogP contribution in [0, 0.1) is 5.92 Å². The number of pyridine rings is 1. The Hall–Kier alpha value is -5.86. The summed E-state index contributed by atoms with van der Waals surface area (Å²) in [6, 6.07) is 12.7. The Morgan fingerprint density at radius 3 is 2.40 bits per heavy atom. The molecule has 3 aromatic heterocycles. The fraction of sp³-hybridized carbons (Fsp3) is 0.421. The number of hydrogen-bond acceptors (Lipinski definition) is 10. The molecule has 1 atom stereocenters. The largest absolute Gasteiger partial charge is 0.364 e. The Morgan fingerprint density at radius 1 is 0.925 bits per heavy atom. The van der Waals surface area contributed by atoms with Crippen LogP contribution in [-0.2, 0) is 4.79 Å². The molecule has 1 saturated heterocycles. The highest BCUT2D eigenvalue weighted by Gasteiger charge is 2.40. The summed E-state index contributed by atoms with van der Waals surface area (Å²) in [6.45, 7) is 5.50. The predicted octanol–water partition coefficient (Wildman–Crippen LogP) is 4.41. The van der Waals surface area contributed by atoms with Gasteiger partial charge < -0.3 is 30.7 Å². The smallest absolute Gasteiger partial charge is 0.274 e. The first-order valence-electron chi connectivity index (χ1n) is 18.4. The van der Waals surface area contributed by atoms with E-state index in [1.807, 2.05) is 25.3 Å². The first-order chi connectivity index (χ1) is 25.6. The Morgan fingerprint density at radius 2 is 1.68 bits per heavy atom. The molecule has 274 valence electrons. The maximum atomic E-state index is 13.4. The molecule has 2 aliphatic carbocycles. The molecule has 8 rings (SSSR count). The molecule has 15 heteroatoms. The van der Waals surface area contributed by atoms with Crippen molar-refractivity contribution in [3.63, 3.8) is 0 Å². The number of rotatable bonds is 11. The molecule has 1 unspecified atom stereocenters. The van der Waals surface area contributed by atoms with Gasteiger partial charge in [0.1, 0.15) is 11.4 Å². The summed E-state index contributed by atoms with van der Waals surface area (Å²) in [6.07, 6.45) is 6.27. The van der Waals surface area contributed by atoms with Gasteiger partial charge in [0.15, 0.2) is 11.5 Å². The lowest BCUT2D eigenvalue weighted by Crippen LogP contribution is -2.52. The zero-order chi connectivity index (χ0) is 37.0. The number of nitrogens with one attached hydrogen (secondary N) is 3. The van der Waals surface area contributed by atoms with Gasteiger partial charge in [-0.15, -0.1) is 10.2 Å². The number of benzene rings is 1. The summed E-state index contributed by atoms with van der Waals surface area (Å²) in [5.74, 6) is -0.570. The minimum atomic E-state index is -0.315. The Labute approximate surface area is 307 Å². The molecule has 0 bridgehead atoms. The van der Waals surface area contributed by atoms with Crippen LogP contribution >= 0.6 is 0 Å². The van der Waals surface area contributed by atoms with Crippen molar-refractivity contribution >= 4 is 46.5 Å². The maximum absolute atomic E-state index is 13.4. The quantitative estimate of drug-likeness (QED) is 0.202. The SMILES string of the molecule is CCC1c2c(cnn2C2CN(C(=O)c3cccc(C(=O)N(C)CC)n3)C2)-c2cccc(Nc3cc(NC(=O)C4CC4)nnc3C(=O)NC3CC3)c2N1C. The number of aromatic nitrogens is 5. The van der Waals surface area contributed by atoms with Gasteiger partial charge in [0, 0.05) is 62.9 Å². The van der Waals surface area contributed by atoms with Gasteiger partial charge in [-0.2, -0.15) is 5.10 Å². The summed E-state index contributed by atoms with van der Waals surface area (Å²) in [4.78, 5) is 61.9. The van der Waals surface area contributed by atoms with Crippen LogP contribution < -0.4 is 20.9 Å². The Kier molecular flexibility index (Phi) is 8.79. The van der Waals surface area contributed by atoms with Crippen molar-refractivity contribution in [2.75, 3.05) is 49.3 Å². The molecule has 0 radical (unpaired) electrons. The van der Waals surface area contributed by atoms with Crippen LogP contribution in [0.15, 0.2) is 48.7 Å². The van der Waals surface area contributed by atoms with E-state index in [4.69, 9.17) is 5.10 Å². The second-order valence-corrected chi connectivity index (χ2v) is 14.3. The molecule has 2 aliphatic heterocycles. The van der Waals surface area contributed by atoms with E-state index in [1.165, 1.54) is 0 Å². The second-order valence-electron chi connectivity index (χ2n) is 14.3. The Bertz CT molecular complexity index is 2120. The third-order valence-electron chi connectivity index (χ3n) is 10.6. The van der Waals surface area contributed by atoms with Crippen molar-refractivity contribution in [2.45, 2.75) is 64.1 Å². The van der Waals surface area contributed by atoms with Crippen LogP contribution in [0.5, 0.6) is 0 Å². The topological polar surface area (TPSA) is 171 Å². The van der Waals surface area contributed by atoms with Crippen molar-refractivity contribution in [2.24, 2.45) is 5.92 Å². The highest BCUT2D eigenvalue weighted by molar-refractivity contribution is 6.02. The van der Waals surface area contributed by atoms with Crippen molar-refractivity contribution in [3.05, 3.63) is 71.4 Å². The van der Waals surface area contributed by atoms with E-state index in [0.29, 0.717) is 25.3 Å². The average Bonchev–Trinajstić information content (AvgIpc) is 4.09. The normalized spacial score (nSPS) is 17.7. The summed E-state index contributed by atoms with van der Waals surface area (Å²) >= 11 is 0. The number of para-hydroxylation sites is 1. The van der Waals surface area contributed by atoms with Crippen LogP contribution in [0.25, 0.3) is 11.1 Å². The first-order valence-corrected chi connectivity index (χ1v) is 18.4. The molecular weight excluding hydrogens is 674 g/mol. The molecule has 3 fully saturated rings. The number of carbonyl (C=O) groups excluding carboxylic acids is 4. The van der Waals surface area contributed by atoms with Gasteiger partial charge in [-0.3, -0.25) is 23.9 Å². The van der Waals surface area contributed by atoms with Crippen LogP contribution in [0.4, 0.5) is 22.9 Å². The van der Waals surface area contributed by atoms with Crippen LogP contribution in [0.2, 0.25) is 0 Å². The zero-order valence-corrected chi connectivity index (χ0v) is 30.3. The van der Waals surface area contributed by atoms with E-state index < -0.39 is 0 Å². The summed E-state index contributed by atoms with van der Waals surface area (Å²) in [7, 11) is 3.76. The molecule has 2 saturated carbocycles. The van der Waals surface area contributed by atoms with Gasteiger partial charge in [-0.05, 0) is 57.2 Å². The number of carbonyl (C=O) groups is 4. The third kappa shape index (κ3) is 6.44. The summed E-state index contributed by atoms with van der Waals surface area (Å²) in [5.41, 5.74) is 5.87. The molecule has 0 spiro atoms. The maximum Gasteiger partial charge on any atom is 0.274 e. The van der Waals surface area contributed by atoms with E-state index in [-0.39, 0.29) is 70.6 Å². The standard InChI is InChI=1S/C38H43N11O4/c1-5-30-34-25(18-39-49(34)23-19-48(20-23)38(53)28-12-8-11-27(42-28)37(52)46(3)6-2)24-9-7-10-26(33(24)47(30)4)41-29-17-31(43-35(50)21-13-14-21)44-45-32(29)36(51)40-22-15-16-22/h7-12,17-18,21-23,30H,5-6,13-16,19-20H2,1-4H3,(H,40,51)(H2,41,43,44,50). The first kappa shape index (κ1) is 34.2. The van der Waals surface area contributed by atoms with Crippen LogP contribution in [-0.4, -0.2) is 98.2 Å². The zero-order valence-electron chi connectivity index (χ0n) is 30.3. The monoisotopic (exact) mass is 717 g/mol. The minimum absolute atomic E-state index is 0.00991. The van der Waals surface area contributed by atoms with Gasteiger partial charge in [0.2, 0.25) is 5.91 Å². The Balaban J connectivity index is 1.06. The van der Waals surface area contributed by atoms with Gasteiger partial charge in [0.25, 0.3) is 17.7 Å². The molecule has 4 aliphatic rings. The van der Waals surface area contributed by atoms with Crippen LogP contribution in [0.3, 0.4) is 0 Å². The number of likely N-dealkylation sites (tertiary alicyclic amines) is 1. The lowest BCUT2D eigenvalue weighted by molar-refractivity contribution is -0.117. The second kappa shape index (κ2) is 13.6. The summed E-state index contributed by atoms with van der Waals surface area (Å²) in [5, 5.41) is 22.7. The van der Waals surface area contributed by atoms with Crippen molar-refractivity contribution in [3.8, 4) is 11.1 Å². The predicted molar refractivity (Wildman–Crippen MR) is 198 cm³/mol. The highest BCUT2D eigenvalue weighted by Crippen LogP contribution is 2.50. The van der Waals surface area contributed by atoms with E-state index in [2.05, 4.69) is 60.8 Å². The lowest BCUT2D eigenvalue weighted by Gasteiger charge is -2.43. The number of hydrogen-bond donors (Lipinski definition) is 3. The van der Waals surface area contributed by atoms with Crippen molar-refractivity contribution in [1.82, 2.24) is 40.1 Å². The molecule has 1 aromatic carbocycles. The van der Waals surface area contributed by atoms with Crippen LogP contribution in [0.1, 0.15) is 95.2 Å². The van der Waals surface area contributed by atoms with Gasteiger partial charge in [-0.1, -0.05) is 25.1 Å². The van der Waals surface area contributed by atoms with E-state index in [1.54, 1.807) is 41.1 Å². The lowest BCUT2D eigenvalue weighted by atomic mass is 9.91. The molecule has 4 amide bonds. The fourth-order valence-corrected chi connectivity index (χ4v) is 7.12.